The van der Waals surface area contributed by atoms with Crippen LogP contribution in [0.5, 0.6) is 5.75 Å². The Kier molecular flexibility index (Phi) is 5.83. The Balaban J connectivity index is 2.06. The molecule has 0 unspecified atom stereocenters. The Morgan fingerprint density at radius 3 is 2.32 bits per heavy atom. The van der Waals surface area contributed by atoms with Crippen molar-refractivity contribution in [3.8, 4) is 5.75 Å². The van der Waals surface area contributed by atoms with Crippen molar-refractivity contribution >= 4 is 23.1 Å². The summed E-state index contributed by atoms with van der Waals surface area (Å²) in [6, 6.07) is 13.2. The zero-order valence-corrected chi connectivity index (χ0v) is 16.8. The second-order valence-electron chi connectivity index (χ2n) is 6.84. The van der Waals surface area contributed by atoms with E-state index >= 15 is 0 Å². The first-order chi connectivity index (χ1) is 13.5. The van der Waals surface area contributed by atoms with Crippen LogP contribution in [0.1, 0.15) is 37.0 Å². The van der Waals surface area contributed by atoms with Gasteiger partial charge in [-0.05, 0) is 62.1 Å². The van der Waals surface area contributed by atoms with Crippen LogP contribution in [0.2, 0.25) is 0 Å². The number of hydrogen-bond donors (Lipinski definition) is 1. The van der Waals surface area contributed by atoms with E-state index in [4.69, 9.17) is 4.74 Å². The molecule has 0 spiro atoms. The monoisotopic (exact) mass is 378 g/mol. The highest BCUT2D eigenvalue weighted by atomic mass is 16.5. The number of carbonyl (C=O) groups is 2. The molecule has 0 radical (unpaired) electrons. The largest absolute Gasteiger partial charge is 0.494 e. The first-order valence-corrected chi connectivity index (χ1v) is 9.64. The normalized spacial score (nSPS) is 14.1. The molecule has 0 saturated carbocycles. The number of ether oxygens (including phenoxy) is 1. The van der Waals surface area contributed by atoms with Gasteiger partial charge in [-0.25, -0.2) is 0 Å². The predicted octanol–water partition coefficient (Wildman–Crippen LogP) is 4.30. The van der Waals surface area contributed by atoms with Crippen LogP contribution in [0, 0.1) is 13.8 Å². The molecule has 5 nitrogen and oxygen atoms in total. The number of imide groups is 1. The molecule has 0 saturated heterocycles. The van der Waals surface area contributed by atoms with Crippen molar-refractivity contribution in [2.75, 3.05) is 18.5 Å². The van der Waals surface area contributed by atoms with Crippen LogP contribution in [-0.4, -0.2) is 29.9 Å². The van der Waals surface area contributed by atoms with Gasteiger partial charge in [-0.15, -0.1) is 0 Å². The summed E-state index contributed by atoms with van der Waals surface area (Å²) in [5.74, 6) is 0.193. The number of amides is 2. The molecular weight excluding hydrogens is 352 g/mol. The Labute approximate surface area is 166 Å². The Morgan fingerprint density at radius 2 is 1.68 bits per heavy atom. The Morgan fingerprint density at radius 1 is 0.964 bits per heavy atom. The lowest BCUT2D eigenvalue weighted by atomic mass is 10.0. The minimum absolute atomic E-state index is 0.260. The van der Waals surface area contributed by atoms with E-state index in [1.165, 1.54) is 4.90 Å². The summed E-state index contributed by atoms with van der Waals surface area (Å²) in [5, 5.41) is 3.24. The molecule has 146 valence electrons. The molecule has 1 aliphatic heterocycles. The lowest BCUT2D eigenvalue weighted by Crippen LogP contribution is -2.33. The molecule has 2 aromatic carbocycles. The van der Waals surface area contributed by atoms with Crippen molar-refractivity contribution in [1.82, 2.24) is 4.90 Å². The van der Waals surface area contributed by atoms with Crippen LogP contribution in [0.4, 0.5) is 5.69 Å². The molecule has 1 aliphatic rings. The predicted molar refractivity (Wildman–Crippen MR) is 111 cm³/mol. The molecule has 1 heterocycles. The lowest BCUT2D eigenvalue weighted by molar-refractivity contribution is -0.136. The van der Waals surface area contributed by atoms with Gasteiger partial charge in [0, 0.05) is 12.2 Å². The molecular formula is C23H26N2O3. The lowest BCUT2D eigenvalue weighted by Gasteiger charge is -2.15. The second-order valence-corrected chi connectivity index (χ2v) is 6.84. The van der Waals surface area contributed by atoms with Crippen LogP contribution < -0.4 is 10.1 Å². The number of nitrogens with one attached hydrogen (secondary N) is 1. The van der Waals surface area contributed by atoms with E-state index in [0.717, 1.165) is 22.6 Å². The molecule has 1 N–H and O–H groups in total. The van der Waals surface area contributed by atoms with Gasteiger partial charge in [0.15, 0.2) is 0 Å². The average molecular weight is 378 g/mol. The van der Waals surface area contributed by atoms with Gasteiger partial charge in [-0.3, -0.25) is 14.5 Å². The molecule has 2 aromatic rings. The van der Waals surface area contributed by atoms with E-state index in [1.807, 2.05) is 70.2 Å². The van der Waals surface area contributed by atoms with Crippen LogP contribution in [0.25, 0.3) is 5.57 Å². The number of nitrogens with zero attached hydrogens (tertiary/aromatic N) is 1. The Bertz CT molecular complexity index is 929. The standard InChI is InChI=1S/C23H26N2O3/c1-5-14-25-22(26)20(17-10-12-18(13-11-17)28-6-2)21(23(25)27)24-19-9-7-8-15(3)16(19)4/h7-13,24H,5-6,14H2,1-4H3. The van der Waals surface area contributed by atoms with Crippen molar-refractivity contribution in [2.24, 2.45) is 0 Å². The zero-order valence-electron chi connectivity index (χ0n) is 16.8. The quantitative estimate of drug-likeness (QED) is 0.730. The minimum Gasteiger partial charge on any atom is -0.494 e. The third-order valence-corrected chi connectivity index (χ3v) is 4.93. The molecule has 0 atom stereocenters. The number of aryl methyl sites for hydroxylation is 1. The third-order valence-electron chi connectivity index (χ3n) is 4.93. The summed E-state index contributed by atoms with van der Waals surface area (Å²) in [4.78, 5) is 27.4. The highest BCUT2D eigenvalue weighted by molar-refractivity contribution is 6.36. The van der Waals surface area contributed by atoms with Gasteiger partial charge in [0.25, 0.3) is 11.8 Å². The van der Waals surface area contributed by atoms with E-state index in [-0.39, 0.29) is 11.8 Å². The number of rotatable bonds is 7. The number of anilines is 1. The molecule has 0 bridgehead atoms. The van der Waals surface area contributed by atoms with Gasteiger partial charge < -0.3 is 10.1 Å². The first-order valence-electron chi connectivity index (χ1n) is 9.64. The van der Waals surface area contributed by atoms with Gasteiger partial charge >= 0.3 is 0 Å². The molecule has 0 aliphatic carbocycles. The van der Waals surface area contributed by atoms with Gasteiger partial charge in [0.1, 0.15) is 11.4 Å². The molecule has 0 aromatic heterocycles. The van der Waals surface area contributed by atoms with Crippen LogP contribution in [-0.2, 0) is 9.59 Å². The van der Waals surface area contributed by atoms with Crippen LogP contribution >= 0.6 is 0 Å². The highest BCUT2D eigenvalue weighted by Gasteiger charge is 2.38. The zero-order chi connectivity index (χ0) is 20.3. The van der Waals surface area contributed by atoms with Gasteiger partial charge in [0.05, 0.1) is 12.2 Å². The minimum atomic E-state index is -0.281. The fraction of sp³-hybridized carbons (Fsp3) is 0.304. The first kappa shape index (κ1) is 19.7. The molecule has 0 fully saturated rings. The van der Waals surface area contributed by atoms with E-state index in [2.05, 4.69) is 5.32 Å². The average Bonchev–Trinajstić information content (AvgIpc) is 2.91. The molecule has 5 heteroatoms. The van der Waals surface area contributed by atoms with Crippen LogP contribution in [0.15, 0.2) is 48.2 Å². The topological polar surface area (TPSA) is 58.6 Å². The maximum absolute atomic E-state index is 13.0. The van der Waals surface area contributed by atoms with Gasteiger partial charge in [-0.1, -0.05) is 31.2 Å². The maximum atomic E-state index is 13.0. The van der Waals surface area contributed by atoms with Crippen molar-refractivity contribution in [3.05, 3.63) is 64.9 Å². The summed E-state index contributed by atoms with van der Waals surface area (Å²) >= 11 is 0. The molecule has 3 rings (SSSR count). The molecule has 28 heavy (non-hydrogen) atoms. The fourth-order valence-corrected chi connectivity index (χ4v) is 3.29. The number of carbonyl (C=O) groups excluding carboxylic acids is 2. The summed E-state index contributed by atoms with van der Waals surface area (Å²) in [7, 11) is 0. The van der Waals surface area contributed by atoms with Crippen molar-refractivity contribution in [2.45, 2.75) is 34.1 Å². The highest BCUT2D eigenvalue weighted by Crippen LogP contribution is 2.32. The van der Waals surface area contributed by atoms with Crippen molar-refractivity contribution in [3.63, 3.8) is 0 Å². The van der Waals surface area contributed by atoms with Crippen molar-refractivity contribution in [1.29, 1.82) is 0 Å². The van der Waals surface area contributed by atoms with Gasteiger partial charge in [-0.2, -0.15) is 0 Å². The van der Waals surface area contributed by atoms with E-state index < -0.39 is 0 Å². The summed E-state index contributed by atoms with van der Waals surface area (Å²) < 4.78 is 5.49. The smallest absolute Gasteiger partial charge is 0.278 e. The third kappa shape index (κ3) is 3.65. The maximum Gasteiger partial charge on any atom is 0.278 e. The summed E-state index contributed by atoms with van der Waals surface area (Å²) in [6.45, 7) is 8.87. The van der Waals surface area contributed by atoms with E-state index in [0.29, 0.717) is 36.4 Å². The SMILES string of the molecule is CCCN1C(=O)C(Nc2cccc(C)c2C)=C(c2ccc(OCC)cc2)C1=O. The number of hydrogen-bond acceptors (Lipinski definition) is 4. The van der Waals surface area contributed by atoms with E-state index in [1.54, 1.807) is 0 Å². The number of benzene rings is 2. The summed E-state index contributed by atoms with van der Waals surface area (Å²) in [6.07, 6.45) is 0.713. The van der Waals surface area contributed by atoms with Crippen LogP contribution in [0.3, 0.4) is 0 Å². The fourth-order valence-electron chi connectivity index (χ4n) is 3.29. The van der Waals surface area contributed by atoms with E-state index in [9.17, 15) is 9.59 Å². The Hall–Kier alpha value is -3.08. The molecule has 2 amide bonds. The second kappa shape index (κ2) is 8.30. The van der Waals surface area contributed by atoms with Gasteiger partial charge in [0.2, 0.25) is 0 Å². The summed E-state index contributed by atoms with van der Waals surface area (Å²) in [5.41, 5.74) is 4.44. The van der Waals surface area contributed by atoms with Crippen molar-refractivity contribution < 1.29 is 14.3 Å².